The number of esters is 1. The van der Waals surface area contributed by atoms with Gasteiger partial charge in [0.2, 0.25) is 12.2 Å². The van der Waals surface area contributed by atoms with Crippen LogP contribution < -0.4 is 0 Å². The zero-order valence-electron chi connectivity index (χ0n) is 14.1. The molecule has 124 valence electrons. The van der Waals surface area contributed by atoms with Crippen molar-refractivity contribution in [3.63, 3.8) is 0 Å². The molecule has 2 unspecified atom stereocenters. The van der Waals surface area contributed by atoms with E-state index in [0.717, 1.165) is 19.3 Å². The molecule has 1 aliphatic rings. The monoisotopic (exact) mass is 310 g/mol. The Balaban J connectivity index is 0.000000626. The maximum atomic E-state index is 10.3. The van der Waals surface area contributed by atoms with Crippen molar-refractivity contribution in [2.45, 2.75) is 59.9 Å². The van der Waals surface area contributed by atoms with Crippen LogP contribution in [0.15, 0.2) is 9.98 Å². The first-order valence-electron chi connectivity index (χ1n) is 7.42. The Bertz CT molecular complexity index is 463. The molecule has 0 bridgehead atoms. The highest BCUT2D eigenvalue weighted by Gasteiger charge is 2.41. The molecule has 0 heterocycles. The van der Waals surface area contributed by atoms with E-state index in [1.54, 1.807) is 19.1 Å². The molecule has 0 amide bonds. The molecule has 0 saturated heterocycles. The van der Waals surface area contributed by atoms with Crippen LogP contribution in [-0.4, -0.2) is 37.3 Å². The molecule has 0 aromatic heterocycles. The van der Waals surface area contributed by atoms with Gasteiger partial charge in [0.15, 0.2) is 0 Å². The first kappa shape index (κ1) is 20.2. The van der Waals surface area contributed by atoms with Crippen molar-refractivity contribution in [1.29, 1.82) is 0 Å². The number of ether oxygens (including phenoxy) is 1. The second kappa shape index (κ2) is 9.29. The van der Waals surface area contributed by atoms with E-state index in [9.17, 15) is 14.4 Å². The fraction of sp³-hybridized carbons (Fsp3) is 0.812. The van der Waals surface area contributed by atoms with Gasteiger partial charge in [0.25, 0.3) is 0 Å². The second-order valence-corrected chi connectivity index (χ2v) is 6.77. The number of hydrogen-bond donors (Lipinski definition) is 0. The summed E-state index contributed by atoms with van der Waals surface area (Å²) in [5.41, 5.74) is 0.0561. The lowest BCUT2D eigenvalue weighted by atomic mass is 9.63. The van der Waals surface area contributed by atoms with Gasteiger partial charge >= 0.3 is 5.97 Å². The molecule has 6 nitrogen and oxygen atoms in total. The van der Waals surface area contributed by atoms with Crippen LogP contribution in [0.4, 0.5) is 0 Å². The van der Waals surface area contributed by atoms with E-state index in [1.165, 1.54) is 6.92 Å². The lowest BCUT2D eigenvalue weighted by Gasteiger charge is -2.44. The summed E-state index contributed by atoms with van der Waals surface area (Å²) in [6.45, 7) is 10.5. The van der Waals surface area contributed by atoms with Crippen molar-refractivity contribution < 1.29 is 19.1 Å². The third-order valence-electron chi connectivity index (χ3n) is 3.53. The molecule has 2 atom stereocenters. The summed E-state index contributed by atoms with van der Waals surface area (Å²) in [6, 6.07) is 0.00750. The van der Waals surface area contributed by atoms with Gasteiger partial charge in [-0.25, -0.2) is 19.6 Å². The number of carbonyl (C=O) groups is 1. The van der Waals surface area contributed by atoms with Crippen LogP contribution in [0.3, 0.4) is 0 Å². The van der Waals surface area contributed by atoms with Gasteiger partial charge in [-0.2, -0.15) is 0 Å². The van der Waals surface area contributed by atoms with E-state index in [1.807, 2.05) is 0 Å². The Kier molecular flexibility index (Phi) is 8.54. The molecule has 0 aromatic rings. The minimum absolute atomic E-state index is 0.00750. The summed E-state index contributed by atoms with van der Waals surface area (Å²) in [7, 11) is 0. The molecule has 1 rings (SSSR count). The third kappa shape index (κ3) is 8.50. The predicted octanol–water partition coefficient (Wildman–Crippen LogP) is 2.81. The third-order valence-corrected chi connectivity index (χ3v) is 3.53. The number of hydrogen-bond acceptors (Lipinski definition) is 6. The molecule has 1 fully saturated rings. The highest BCUT2D eigenvalue weighted by atomic mass is 16.5. The number of nitrogens with zero attached hydrogens (tertiary/aromatic N) is 2. The van der Waals surface area contributed by atoms with Crippen molar-refractivity contribution in [1.82, 2.24) is 0 Å². The van der Waals surface area contributed by atoms with Crippen molar-refractivity contribution in [2.75, 3.05) is 13.2 Å². The SMILES string of the molecule is CC1(C)CC(N=C=O)CC(C)(CN=C=O)C1.CCOC(C)=O. The lowest BCUT2D eigenvalue weighted by Crippen LogP contribution is -2.39. The molecule has 0 radical (unpaired) electrons. The summed E-state index contributed by atoms with van der Waals surface area (Å²) in [6.07, 6.45) is 5.88. The van der Waals surface area contributed by atoms with Crippen LogP contribution >= 0.6 is 0 Å². The Morgan fingerprint density at radius 2 is 1.86 bits per heavy atom. The van der Waals surface area contributed by atoms with Crippen LogP contribution in [0.1, 0.15) is 53.9 Å². The molecular weight excluding hydrogens is 284 g/mol. The van der Waals surface area contributed by atoms with Crippen LogP contribution in [0, 0.1) is 10.8 Å². The zero-order chi connectivity index (χ0) is 17.2. The average molecular weight is 310 g/mol. The van der Waals surface area contributed by atoms with Crippen LogP contribution in [-0.2, 0) is 19.1 Å². The van der Waals surface area contributed by atoms with Crippen LogP contribution in [0.2, 0.25) is 0 Å². The van der Waals surface area contributed by atoms with E-state index in [4.69, 9.17) is 0 Å². The Labute approximate surface area is 132 Å². The molecule has 0 spiro atoms. The van der Waals surface area contributed by atoms with Crippen molar-refractivity contribution >= 4 is 18.1 Å². The van der Waals surface area contributed by atoms with Crippen LogP contribution in [0.25, 0.3) is 0 Å². The topological polar surface area (TPSA) is 85.2 Å². The Hall–Kier alpha value is -1.77. The van der Waals surface area contributed by atoms with Gasteiger partial charge in [0, 0.05) is 6.92 Å². The molecule has 22 heavy (non-hydrogen) atoms. The average Bonchev–Trinajstić information content (AvgIpc) is 2.35. The quantitative estimate of drug-likeness (QED) is 0.454. The standard InChI is InChI=1S/C12H18N2O2.C4H8O2/c1-11(2)4-10(14-9-16)5-12(3,6-11)7-13-8-15;1-3-6-4(2)5/h10H,4-7H2,1-3H3;3H2,1-2H3. The van der Waals surface area contributed by atoms with Gasteiger partial charge in [0.1, 0.15) is 0 Å². The summed E-state index contributed by atoms with van der Waals surface area (Å²) >= 11 is 0. The summed E-state index contributed by atoms with van der Waals surface area (Å²) in [4.78, 5) is 37.9. The summed E-state index contributed by atoms with van der Waals surface area (Å²) in [5.74, 6) is -0.211. The molecule has 1 aliphatic carbocycles. The largest absolute Gasteiger partial charge is 0.466 e. The number of isocyanates is 2. The van der Waals surface area contributed by atoms with Crippen LogP contribution in [0.5, 0.6) is 0 Å². The van der Waals surface area contributed by atoms with Gasteiger partial charge < -0.3 is 4.74 Å². The van der Waals surface area contributed by atoms with E-state index in [-0.39, 0.29) is 22.8 Å². The Morgan fingerprint density at radius 3 is 2.27 bits per heavy atom. The normalized spacial score (nSPS) is 25.6. The minimum atomic E-state index is -0.211. The molecular formula is C16H26N2O4. The van der Waals surface area contributed by atoms with Crippen molar-refractivity contribution in [2.24, 2.45) is 20.8 Å². The number of aliphatic imine (C=N–C) groups is 2. The zero-order valence-corrected chi connectivity index (χ0v) is 14.1. The van der Waals surface area contributed by atoms with Gasteiger partial charge in [-0.1, -0.05) is 20.8 Å². The van der Waals surface area contributed by atoms with Crippen molar-refractivity contribution in [3.8, 4) is 0 Å². The molecule has 0 aromatic carbocycles. The first-order valence-corrected chi connectivity index (χ1v) is 7.42. The fourth-order valence-corrected chi connectivity index (χ4v) is 3.29. The Morgan fingerprint density at radius 1 is 1.23 bits per heavy atom. The summed E-state index contributed by atoms with van der Waals surface area (Å²) < 4.78 is 4.40. The smallest absolute Gasteiger partial charge is 0.302 e. The van der Waals surface area contributed by atoms with Crippen molar-refractivity contribution in [3.05, 3.63) is 0 Å². The highest BCUT2D eigenvalue weighted by molar-refractivity contribution is 5.65. The second-order valence-electron chi connectivity index (χ2n) is 6.77. The van der Waals surface area contributed by atoms with Gasteiger partial charge in [-0.15, -0.1) is 0 Å². The first-order chi connectivity index (χ1) is 10.2. The number of rotatable bonds is 4. The maximum absolute atomic E-state index is 10.3. The fourth-order valence-electron chi connectivity index (χ4n) is 3.29. The van der Waals surface area contributed by atoms with Gasteiger partial charge in [-0.3, -0.25) is 4.79 Å². The molecule has 1 saturated carbocycles. The number of carbonyl (C=O) groups excluding carboxylic acids is 3. The molecule has 6 heteroatoms. The lowest BCUT2D eigenvalue weighted by molar-refractivity contribution is -0.140. The predicted molar refractivity (Wildman–Crippen MR) is 82.9 cm³/mol. The maximum Gasteiger partial charge on any atom is 0.302 e. The molecule has 0 N–H and O–H groups in total. The van der Waals surface area contributed by atoms with Gasteiger partial charge in [0.05, 0.1) is 19.2 Å². The molecule has 0 aliphatic heterocycles. The minimum Gasteiger partial charge on any atom is -0.466 e. The van der Waals surface area contributed by atoms with E-state index in [0.29, 0.717) is 13.2 Å². The summed E-state index contributed by atoms with van der Waals surface area (Å²) in [5, 5.41) is 0. The van der Waals surface area contributed by atoms with E-state index in [2.05, 4.69) is 35.5 Å². The van der Waals surface area contributed by atoms with Gasteiger partial charge in [-0.05, 0) is 37.0 Å². The van der Waals surface area contributed by atoms with E-state index < -0.39 is 0 Å². The highest BCUT2D eigenvalue weighted by Crippen LogP contribution is 2.47. The van der Waals surface area contributed by atoms with E-state index >= 15 is 0 Å².